The molecule has 2 amide bonds. The van der Waals surface area contributed by atoms with Gasteiger partial charge in [0.15, 0.2) is 6.10 Å². The molecule has 0 bridgehead atoms. The molecule has 0 unspecified atom stereocenters. The molecule has 1 aliphatic rings. The lowest BCUT2D eigenvalue weighted by Crippen LogP contribution is -2.48. The molecule has 1 heterocycles. The molecule has 0 radical (unpaired) electrons. The summed E-state index contributed by atoms with van der Waals surface area (Å²) in [5, 5.41) is 2.74. The zero-order chi connectivity index (χ0) is 24.3. The molecular formula is C25H25N3O5S. The summed E-state index contributed by atoms with van der Waals surface area (Å²) < 4.78 is 32.9. The second-order valence-corrected chi connectivity index (χ2v) is 10.0. The van der Waals surface area contributed by atoms with Crippen LogP contribution in [0.2, 0.25) is 0 Å². The Labute approximate surface area is 198 Å². The zero-order valence-electron chi connectivity index (χ0n) is 18.8. The summed E-state index contributed by atoms with van der Waals surface area (Å²) in [5.74, 6) is -0.174. The van der Waals surface area contributed by atoms with E-state index < -0.39 is 22.0 Å². The number of carbonyl (C=O) groups excluding carboxylic acids is 2. The molecule has 9 heteroatoms. The van der Waals surface area contributed by atoms with Crippen LogP contribution in [0.3, 0.4) is 0 Å². The smallest absolute Gasteiger partial charge is 0.267 e. The summed E-state index contributed by atoms with van der Waals surface area (Å²) in [6, 6.07) is 22.3. The van der Waals surface area contributed by atoms with E-state index in [4.69, 9.17) is 4.74 Å². The lowest BCUT2D eigenvalue weighted by Gasteiger charge is -2.33. The summed E-state index contributed by atoms with van der Waals surface area (Å²) in [6.07, 6.45) is -0.904. The van der Waals surface area contributed by atoms with Crippen molar-refractivity contribution in [2.24, 2.45) is 0 Å². The number of hydrogen-bond acceptors (Lipinski definition) is 5. The van der Waals surface area contributed by atoms with Gasteiger partial charge in [0.25, 0.3) is 5.91 Å². The first-order valence-corrected chi connectivity index (χ1v) is 12.1. The van der Waals surface area contributed by atoms with Crippen LogP contribution in [0.15, 0.2) is 83.8 Å². The number of ether oxygens (including phenoxy) is 1. The lowest BCUT2D eigenvalue weighted by atomic mass is 10.1. The van der Waals surface area contributed by atoms with Gasteiger partial charge in [-0.3, -0.25) is 9.59 Å². The van der Waals surface area contributed by atoms with E-state index in [0.29, 0.717) is 17.1 Å². The summed E-state index contributed by atoms with van der Waals surface area (Å²) in [4.78, 5) is 26.5. The van der Waals surface area contributed by atoms with Gasteiger partial charge >= 0.3 is 0 Å². The van der Waals surface area contributed by atoms with Gasteiger partial charge in [-0.25, -0.2) is 8.42 Å². The fourth-order valence-corrected chi connectivity index (χ4v) is 4.87. The highest BCUT2D eigenvalue weighted by Gasteiger charge is 2.32. The minimum atomic E-state index is -3.70. The van der Waals surface area contributed by atoms with Crippen LogP contribution in [-0.2, 0) is 26.2 Å². The third-order valence-electron chi connectivity index (χ3n) is 5.52. The topological polar surface area (TPSA) is 96.0 Å². The van der Waals surface area contributed by atoms with Crippen molar-refractivity contribution in [3.63, 3.8) is 0 Å². The van der Waals surface area contributed by atoms with E-state index in [-0.39, 0.29) is 23.9 Å². The maximum Gasteiger partial charge on any atom is 0.267 e. The van der Waals surface area contributed by atoms with Gasteiger partial charge in [0.1, 0.15) is 5.75 Å². The molecule has 4 rings (SSSR count). The number of rotatable bonds is 6. The molecule has 1 atom stereocenters. The number of nitrogens with one attached hydrogen (secondary N) is 1. The van der Waals surface area contributed by atoms with Crippen LogP contribution in [0, 0.1) is 0 Å². The van der Waals surface area contributed by atoms with Crippen LogP contribution in [0.4, 0.5) is 11.4 Å². The van der Waals surface area contributed by atoms with Gasteiger partial charge in [-0.2, -0.15) is 4.31 Å². The van der Waals surface area contributed by atoms with Crippen molar-refractivity contribution in [1.29, 1.82) is 0 Å². The number of benzene rings is 3. The van der Waals surface area contributed by atoms with Crippen LogP contribution in [0.5, 0.6) is 5.75 Å². The predicted octanol–water partition coefficient (Wildman–Crippen LogP) is 3.26. The van der Waals surface area contributed by atoms with Gasteiger partial charge in [0, 0.05) is 26.2 Å². The molecule has 0 aromatic heterocycles. The average Bonchev–Trinajstić information content (AvgIpc) is 2.84. The molecule has 1 N–H and O–H groups in total. The van der Waals surface area contributed by atoms with Crippen molar-refractivity contribution >= 4 is 33.2 Å². The maximum atomic E-state index is 12.9. The zero-order valence-corrected chi connectivity index (χ0v) is 19.7. The largest absolute Gasteiger partial charge is 0.476 e. The third kappa shape index (κ3) is 4.95. The first-order chi connectivity index (χ1) is 16.3. The van der Waals surface area contributed by atoms with Crippen LogP contribution in [-0.4, -0.2) is 44.2 Å². The van der Waals surface area contributed by atoms with E-state index >= 15 is 0 Å². The van der Waals surface area contributed by atoms with Gasteiger partial charge in [0.05, 0.1) is 17.1 Å². The van der Waals surface area contributed by atoms with Gasteiger partial charge in [-0.05, 0) is 42.0 Å². The molecule has 8 nitrogen and oxygen atoms in total. The molecular weight excluding hydrogens is 454 g/mol. The third-order valence-corrected chi connectivity index (χ3v) is 7.34. The standard InChI is InChI=1S/C25H25N3O5S/c1-18(29)28-17-24(33-23-11-7-6-10-22(23)28)25(30)26-20-12-14-21(15-13-20)34(31,32)27(2)16-19-8-4-3-5-9-19/h3-15,24H,16-17H2,1-2H3,(H,26,30)/t24-/m0/s1. The highest BCUT2D eigenvalue weighted by molar-refractivity contribution is 7.89. The highest BCUT2D eigenvalue weighted by Crippen LogP contribution is 2.33. The van der Waals surface area contributed by atoms with Crippen molar-refractivity contribution in [1.82, 2.24) is 4.31 Å². The fraction of sp³-hybridized carbons (Fsp3) is 0.200. The lowest BCUT2D eigenvalue weighted by molar-refractivity contribution is -0.123. The van der Waals surface area contributed by atoms with Gasteiger partial charge in [-0.15, -0.1) is 0 Å². The minimum absolute atomic E-state index is 0.0783. The molecule has 3 aromatic rings. The van der Waals surface area contributed by atoms with Crippen molar-refractivity contribution in [2.45, 2.75) is 24.5 Å². The van der Waals surface area contributed by atoms with E-state index in [9.17, 15) is 18.0 Å². The Morgan fingerprint density at radius 2 is 1.65 bits per heavy atom. The monoisotopic (exact) mass is 479 g/mol. The Balaban J connectivity index is 1.44. The molecule has 0 aliphatic carbocycles. The second-order valence-electron chi connectivity index (χ2n) is 7.96. The Morgan fingerprint density at radius 3 is 2.32 bits per heavy atom. The Hall–Kier alpha value is -3.69. The van der Waals surface area contributed by atoms with Gasteiger partial charge in [-0.1, -0.05) is 42.5 Å². The first-order valence-electron chi connectivity index (χ1n) is 10.7. The molecule has 0 fully saturated rings. The Morgan fingerprint density at radius 1 is 1.00 bits per heavy atom. The van der Waals surface area contributed by atoms with E-state index in [2.05, 4.69) is 5.32 Å². The summed E-state index contributed by atoms with van der Waals surface area (Å²) in [5.41, 5.74) is 1.92. The number of amides is 2. The van der Waals surface area contributed by atoms with Gasteiger partial charge in [0.2, 0.25) is 15.9 Å². The van der Waals surface area contributed by atoms with E-state index in [1.165, 1.54) is 47.4 Å². The Kier molecular flexibility index (Phi) is 6.67. The Bertz CT molecular complexity index is 1290. The summed E-state index contributed by atoms with van der Waals surface area (Å²) in [7, 11) is -2.18. The molecule has 0 saturated heterocycles. The minimum Gasteiger partial charge on any atom is -0.476 e. The van der Waals surface area contributed by atoms with E-state index in [1.54, 1.807) is 24.3 Å². The predicted molar refractivity (Wildman–Crippen MR) is 129 cm³/mol. The van der Waals surface area contributed by atoms with Crippen LogP contribution in [0.25, 0.3) is 0 Å². The van der Waals surface area contributed by atoms with Crippen molar-refractivity contribution < 1.29 is 22.7 Å². The van der Waals surface area contributed by atoms with Crippen LogP contribution >= 0.6 is 0 Å². The SMILES string of the molecule is CC(=O)N1C[C@@H](C(=O)Nc2ccc(S(=O)(=O)N(C)Cc3ccccc3)cc2)Oc2ccccc21. The molecule has 3 aromatic carbocycles. The number of carbonyl (C=O) groups is 2. The summed E-state index contributed by atoms with van der Waals surface area (Å²) in [6.45, 7) is 1.76. The molecule has 0 saturated carbocycles. The quantitative estimate of drug-likeness (QED) is 0.586. The van der Waals surface area contributed by atoms with E-state index in [0.717, 1.165) is 5.56 Å². The number of sulfonamides is 1. The van der Waals surface area contributed by atoms with Crippen molar-refractivity contribution in [3.05, 3.63) is 84.4 Å². The molecule has 0 spiro atoms. The number of hydrogen-bond donors (Lipinski definition) is 1. The first kappa shape index (κ1) is 23.5. The number of anilines is 2. The number of fused-ring (bicyclic) bond motifs is 1. The molecule has 34 heavy (non-hydrogen) atoms. The fourth-order valence-electron chi connectivity index (χ4n) is 3.71. The normalized spacial score (nSPS) is 15.4. The van der Waals surface area contributed by atoms with Gasteiger partial charge < -0.3 is 15.0 Å². The van der Waals surface area contributed by atoms with Crippen LogP contribution < -0.4 is 15.0 Å². The van der Waals surface area contributed by atoms with Crippen molar-refractivity contribution in [3.8, 4) is 5.75 Å². The molecule has 1 aliphatic heterocycles. The number of nitrogens with zero attached hydrogens (tertiary/aromatic N) is 2. The number of para-hydroxylation sites is 2. The molecule has 176 valence electrons. The van der Waals surface area contributed by atoms with E-state index in [1.807, 2.05) is 30.3 Å². The summed E-state index contributed by atoms with van der Waals surface area (Å²) >= 11 is 0. The highest BCUT2D eigenvalue weighted by atomic mass is 32.2. The van der Waals surface area contributed by atoms with Crippen LogP contribution in [0.1, 0.15) is 12.5 Å². The second kappa shape index (κ2) is 9.66. The average molecular weight is 480 g/mol. The maximum absolute atomic E-state index is 12.9. The van der Waals surface area contributed by atoms with Crippen molar-refractivity contribution in [2.75, 3.05) is 23.8 Å².